The van der Waals surface area contributed by atoms with Crippen LogP contribution in [-0.2, 0) is 19.1 Å². The smallest absolute Gasteiger partial charge is 0.328 e. The second-order valence-electron chi connectivity index (χ2n) is 3.03. The van der Waals surface area contributed by atoms with Crippen molar-refractivity contribution in [1.29, 1.82) is 0 Å². The standard InChI is InChI=1S/C8H15N3O4/c1-4(8(14)15-2)11-7(13)5(9)3-6(10)12/h4-5H,3,9H2,1-2H3,(H2,10,12)(H,11,13)/t4-,5+/m0/s1. The van der Waals surface area contributed by atoms with E-state index in [9.17, 15) is 14.4 Å². The molecule has 0 aromatic heterocycles. The molecule has 0 aliphatic carbocycles. The van der Waals surface area contributed by atoms with E-state index < -0.39 is 29.9 Å². The van der Waals surface area contributed by atoms with Gasteiger partial charge in [0.1, 0.15) is 6.04 Å². The first-order valence-corrected chi connectivity index (χ1v) is 4.30. The lowest BCUT2D eigenvalue weighted by Crippen LogP contribution is -2.48. The minimum absolute atomic E-state index is 0.264. The van der Waals surface area contributed by atoms with Gasteiger partial charge in [-0.2, -0.15) is 0 Å². The predicted molar refractivity (Wildman–Crippen MR) is 51.4 cm³/mol. The first-order valence-electron chi connectivity index (χ1n) is 4.30. The summed E-state index contributed by atoms with van der Waals surface area (Å²) < 4.78 is 4.39. The van der Waals surface area contributed by atoms with Crippen LogP contribution in [-0.4, -0.2) is 37.0 Å². The van der Waals surface area contributed by atoms with E-state index in [0.29, 0.717) is 0 Å². The number of ether oxygens (including phenoxy) is 1. The van der Waals surface area contributed by atoms with Crippen LogP contribution in [0.3, 0.4) is 0 Å². The summed E-state index contributed by atoms with van der Waals surface area (Å²) in [5.41, 5.74) is 10.2. The lowest BCUT2D eigenvalue weighted by Gasteiger charge is -2.14. The maximum absolute atomic E-state index is 11.3. The highest BCUT2D eigenvalue weighted by Gasteiger charge is 2.21. The Hall–Kier alpha value is -1.63. The molecule has 0 heterocycles. The van der Waals surface area contributed by atoms with Crippen LogP contribution in [0, 0.1) is 0 Å². The summed E-state index contributed by atoms with van der Waals surface area (Å²) in [4.78, 5) is 32.6. The Morgan fingerprint density at radius 2 is 1.93 bits per heavy atom. The summed E-state index contributed by atoms with van der Waals surface area (Å²) in [6, 6.07) is -1.85. The molecule has 0 saturated heterocycles. The van der Waals surface area contributed by atoms with Gasteiger partial charge in [-0.25, -0.2) is 4.79 Å². The number of methoxy groups -OCH3 is 1. The monoisotopic (exact) mass is 217 g/mol. The molecule has 0 aliphatic rings. The molecular weight excluding hydrogens is 202 g/mol. The molecule has 0 aromatic rings. The normalized spacial score (nSPS) is 13.8. The highest BCUT2D eigenvalue weighted by atomic mass is 16.5. The molecule has 0 aliphatic heterocycles. The molecule has 0 spiro atoms. The highest BCUT2D eigenvalue weighted by Crippen LogP contribution is 1.91. The third kappa shape index (κ3) is 4.96. The van der Waals surface area contributed by atoms with Gasteiger partial charge in [0.05, 0.1) is 19.6 Å². The minimum Gasteiger partial charge on any atom is -0.467 e. The van der Waals surface area contributed by atoms with Crippen LogP contribution in [0.25, 0.3) is 0 Å². The van der Waals surface area contributed by atoms with Crippen LogP contribution in [0.4, 0.5) is 0 Å². The number of nitrogens with two attached hydrogens (primary N) is 2. The molecule has 7 heteroatoms. The van der Waals surface area contributed by atoms with E-state index in [0.717, 1.165) is 0 Å². The van der Waals surface area contributed by atoms with Crippen molar-refractivity contribution in [2.24, 2.45) is 11.5 Å². The first-order chi connectivity index (χ1) is 6.88. The molecule has 2 amide bonds. The van der Waals surface area contributed by atoms with E-state index in [1.54, 1.807) is 0 Å². The van der Waals surface area contributed by atoms with Crippen molar-refractivity contribution in [1.82, 2.24) is 5.32 Å². The van der Waals surface area contributed by atoms with Gasteiger partial charge in [-0.05, 0) is 6.92 Å². The van der Waals surface area contributed by atoms with Crippen molar-refractivity contribution in [3.63, 3.8) is 0 Å². The third-order valence-electron chi connectivity index (χ3n) is 1.67. The Kier molecular flexibility index (Phi) is 5.32. The molecule has 15 heavy (non-hydrogen) atoms. The van der Waals surface area contributed by atoms with Crippen molar-refractivity contribution in [2.45, 2.75) is 25.4 Å². The SMILES string of the molecule is COC(=O)[C@H](C)NC(=O)[C@H](N)CC(N)=O. The molecule has 0 unspecified atom stereocenters. The van der Waals surface area contributed by atoms with E-state index in [1.807, 2.05) is 0 Å². The zero-order valence-electron chi connectivity index (χ0n) is 8.65. The van der Waals surface area contributed by atoms with Gasteiger partial charge in [0, 0.05) is 0 Å². The molecule has 0 radical (unpaired) electrons. The molecule has 0 fully saturated rings. The lowest BCUT2D eigenvalue weighted by molar-refractivity contribution is -0.144. The van der Waals surface area contributed by atoms with Gasteiger partial charge in [-0.3, -0.25) is 9.59 Å². The van der Waals surface area contributed by atoms with Gasteiger partial charge < -0.3 is 21.5 Å². The molecule has 0 bridgehead atoms. The Labute approximate surface area is 87.1 Å². The van der Waals surface area contributed by atoms with Crippen LogP contribution in [0.1, 0.15) is 13.3 Å². The number of carbonyl (C=O) groups is 3. The number of rotatable bonds is 5. The Balaban J connectivity index is 4.12. The number of esters is 1. The van der Waals surface area contributed by atoms with E-state index in [2.05, 4.69) is 10.1 Å². The topological polar surface area (TPSA) is 125 Å². The van der Waals surface area contributed by atoms with Gasteiger partial charge in [-0.15, -0.1) is 0 Å². The van der Waals surface area contributed by atoms with Crippen molar-refractivity contribution in [3.8, 4) is 0 Å². The average Bonchev–Trinajstić information content (AvgIpc) is 2.15. The maximum Gasteiger partial charge on any atom is 0.328 e. The van der Waals surface area contributed by atoms with Crippen LogP contribution < -0.4 is 16.8 Å². The molecule has 2 atom stereocenters. The number of nitrogens with one attached hydrogen (secondary N) is 1. The number of primary amides is 1. The van der Waals surface area contributed by atoms with E-state index in [-0.39, 0.29) is 6.42 Å². The summed E-state index contributed by atoms with van der Waals surface area (Å²) in [7, 11) is 1.20. The average molecular weight is 217 g/mol. The van der Waals surface area contributed by atoms with E-state index in [4.69, 9.17) is 11.5 Å². The van der Waals surface area contributed by atoms with Crippen LogP contribution in [0.15, 0.2) is 0 Å². The fourth-order valence-electron chi connectivity index (χ4n) is 0.866. The summed E-state index contributed by atoms with van der Waals surface area (Å²) in [6.07, 6.45) is -0.264. The fourth-order valence-corrected chi connectivity index (χ4v) is 0.866. The molecule has 0 rings (SSSR count). The Bertz CT molecular complexity index is 267. The fraction of sp³-hybridized carbons (Fsp3) is 0.625. The Morgan fingerprint density at radius 1 is 1.40 bits per heavy atom. The van der Waals surface area contributed by atoms with Crippen molar-refractivity contribution in [2.75, 3.05) is 7.11 Å². The zero-order valence-corrected chi connectivity index (χ0v) is 8.65. The molecule has 0 saturated carbocycles. The Morgan fingerprint density at radius 3 is 2.33 bits per heavy atom. The van der Waals surface area contributed by atoms with Gasteiger partial charge >= 0.3 is 5.97 Å². The van der Waals surface area contributed by atoms with E-state index in [1.165, 1.54) is 14.0 Å². The summed E-state index contributed by atoms with van der Waals surface area (Å²) >= 11 is 0. The summed E-state index contributed by atoms with van der Waals surface area (Å²) in [5.74, 6) is -1.88. The lowest BCUT2D eigenvalue weighted by atomic mass is 10.2. The molecule has 0 aromatic carbocycles. The van der Waals surface area contributed by atoms with Crippen molar-refractivity contribution >= 4 is 17.8 Å². The summed E-state index contributed by atoms with van der Waals surface area (Å²) in [5, 5.41) is 2.29. The van der Waals surface area contributed by atoms with Gasteiger partial charge in [0.25, 0.3) is 0 Å². The third-order valence-corrected chi connectivity index (χ3v) is 1.67. The van der Waals surface area contributed by atoms with Gasteiger partial charge in [-0.1, -0.05) is 0 Å². The highest BCUT2D eigenvalue weighted by molar-refractivity contribution is 5.90. The largest absolute Gasteiger partial charge is 0.467 e. The first kappa shape index (κ1) is 13.4. The molecule has 5 N–H and O–H groups in total. The quantitative estimate of drug-likeness (QED) is 0.453. The van der Waals surface area contributed by atoms with Gasteiger partial charge in [0.2, 0.25) is 11.8 Å². The zero-order chi connectivity index (χ0) is 12.0. The number of hydrogen-bond acceptors (Lipinski definition) is 5. The minimum atomic E-state index is -1.05. The van der Waals surface area contributed by atoms with Crippen molar-refractivity contribution in [3.05, 3.63) is 0 Å². The maximum atomic E-state index is 11.3. The van der Waals surface area contributed by atoms with Crippen LogP contribution >= 0.6 is 0 Å². The van der Waals surface area contributed by atoms with Gasteiger partial charge in [0.15, 0.2) is 0 Å². The number of hydrogen-bond donors (Lipinski definition) is 3. The second kappa shape index (κ2) is 5.97. The van der Waals surface area contributed by atoms with Crippen molar-refractivity contribution < 1.29 is 19.1 Å². The molecule has 86 valence electrons. The summed E-state index contributed by atoms with van der Waals surface area (Å²) in [6.45, 7) is 1.45. The second-order valence-corrected chi connectivity index (χ2v) is 3.03. The van der Waals surface area contributed by atoms with Crippen LogP contribution in [0.2, 0.25) is 0 Å². The predicted octanol–water partition coefficient (Wildman–Crippen LogP) is -2.13. The van der Waals surface area contributed by atoms with E-state index >= 15 is 0 Å². The molecule has 7 nitrogen and oxygen atoms in total. The van der Waals surface area contributed by atoms with Crippen LogP contribution in [0.5, 0.6) is 0 Å². The number of carbonyl (C=O) groups excluding carboxylic acids is 3. The number of amides is 2. The molecular formula is C8H15N3O4.